The molecule has 0 amide bonds. The van der Waals surface area contributed by atoms with Crippen LogP contribution >= 0.6 is 11.6 Å². The van der Waals surface area contributed by atoms with Gasteiger partial charge >= 0.3 is 0 Å². The minimum absolute atomic E-state index is 0.173. The number of benzene rings is 2. The van der Waals surface area contributed by atoms with Crippen molar-refractivity contribution in [2.75, 3.05) is 6.61 Å². The molecule has 2 nitrogen and oxygen atoms in total. The van der Waals surface area contributed by atoms with Gasteiger partial charge in [-0.15, -0.1) is 0 Å². The molecule has 1 unspecified atom stereocenters. The first kappa shape index (κ1) is 14.4. The molecule has 0 fully saturated rings. The van der Waals surface area contributed by atoms with E-state index in [-0.39, 0.29) is 11.9 Å². The van der Waals surface area contributed by atoms with Crippen LogP contribution in [0.5, 0.6) is 5.75 Å². The first-order valence-electron chi connectivity index (χ1n) is 7.06. The second-order valence-corrected chi connectivity index (χ2v) is 5.85. The first-order valence-corrected chi connectivity index (χ1v) is 7.44. The van der Waals surface area contributed by atoms with Gasteiger partial charge < -0.3 is 10.5 Å². The maximum atomic E-state index is 13.7. The monoisotopic (exact) mass is 305 g/mol. The Morgan fingerprint density at radius 2 is 1.95 bits per heavy atom. The molecule has 3 rings (SSSR count). The molecule has 0 bridgehead atoms. The van der Waals surface area contributed by atoms with Crippen molar-refractivity contribution in [2.24, 2.45) is 5.73 Å². The Balaban J connectivity index is 1.77. The average Bonchev–Trinajstić information content (AvgIpc) is 2.89. The lowest BCUT2D eigenvalue weighted by Gasteiger charge is -2.15. The summed E-state index contributed by atoms with van der Waals surface area (Å²) < 4.78 is 19.3. The highest BCUT2D eigenvalue weighted by Gasteiger charge is 2.19. The van der Waals surface area contributed by atoms with Gasteiger partial charge in [0.2, 0.25) is 0 Å². The van der Waals surface area contributed by atoms with Crippen molar-refractivity contribution in [3.05, 3.63) is 63.9 Å². The largest absolute Gasteiger partial charge is 0.493 e. The summed E-state index contributed by atoms with van der Waals surface area (Å²) >= 11 is 6.14. The van der Waals surface area contributed by atoms with Crippen molar-refractivity contribution in [3.63, 3.8) is 0 Å². The van der Waals surface area contributed by atoms with Crippen LogP contribution in [0.15, 0.2) is 36.4 Å². The van der Waals surface area contributed by atoms with Crippen LogP contribution in [-0.2, 0) is 19.3 Å². The fourth-order valence-electron chi connectivity index (χ4n) is 2.80. The Kier molecular flexibility index (Phi) is 4.13. The van der Waals surface area contributed by atoms with E-state index in [2.05, 4.69) is 0 Å². The van der Waals surface area contributed by atoms with E-state index < -0.39 is 0 Å². The molecule has 4 heteroatoms. The van der Waals surface area contributed by atoms with E-state index in [1.807, 2.05) is 18.2 Å². The molecule has 2 aromatic carbocycles. The highest BCUT2D eigenvalue weighted by Crippen LogP contribution is 2.33. The summed E-state index contributed by atoms with van der Waals surface area (Å²) in [5, 5.41) is 0.701. The third-order valence-corrected chi connectivity index (χ3v) is 3.97. The third kappa shape index (κ3) is 3.20. The van der Waals surface area contributed by atoms with E-state index in [1.165, 1.54) is 6.07 Å². The normalized spacial score (nSPS) is 14.6. The lowest BCUT2D eigenvalue weighted by Crippen LogP contribution is -2.26. The van der Waals surface area contributed by atoms with Crippen molar-refractivity contribution in [1.82, 2.24) is 0 Å². The van der Waals surface area contributed by atoms with Crippen molar-refractivity contribution in [3.8, 4) is 5.75 Å². The number of rotatable bonds is 4. The van der Waals surface area contributed by atoms with Crippen molar-refractivity contribution in [2.45, 2.75) is 25.3 Å². The highest BCUT2D eigenvalue weighted by atomic mass is 35.5. The molecule has 110 valence electrons. The van der Waals surface area contributed by atoms with Gasteiger partial charge in [-0.25, -0.2) is 4.39 Å². The number of halogens is 2. The Morgan fingerprint density at radius 3 is 2.76 bits per heavy atom. The molecule has 21 heavy (non-hydrogen) atoms. The summed E-state index contributed by atoms with van der Waals surface area (Å²) in [6, 6.07) is 10.4. The van der Waals surface area contributed by atoms with Gasteiger partial charge in [-0.2, -0.15) is 0 Å². The topological polar surface area (TPSA) is 35.2 Å². The standard InChI is InChI=1S/C17H17ClFNO/c18-14-7-12-5-6-21-17(12)13(8-14)10-15(20)9-11-3-1-2-4-16(11)19/h1-4,7-8,15H,5-6,9-10,20H2. The third-order valence-electron chi connectivity index (χ3n) is 3.75. The average molecular weight is 306 g/mol. The molecule has 1 aliphatic heterocycles. The van der Waals surface area contributed by atoms with Crippen LogP contribution in [0.4, 0.5) is 4.39 Å². The Labute approximate surface area is 128 Å². The lowest BCUT2D eigenvalue weighted by molar-refractivity contribution is 0.352. The molecule has 0 radical (unpaired) electrons. The van der Waals surface area contributed by atoms with Gasteiger partial charge in [-0.1, -0.05) is 29.8 Å². The summed E-state index contributed by atoms with van der Waals surface area (Å²) in [6.07, 6.45) is 2.00. The van der Waals surface area contributed by atoms with Crippen LogP contribution in [-0.4, -0.2) is 12.6 Å². The molecule has 0 aromatic heterocycles. The minimum Gasteiger partial charge on any atom is -0.493 e. The Hall–Kier alpha value is -1.58. The molecular weight excluding hydrogens is 289 g/mol. The molecule has 0 saturated carbocycles. The smallest absolute Gasteiger partial charge is 0.126 e. The molecule has 1 aliphatic rings. The lowest BCUT2D eigenvalue weighted by atomic mass is 9.97. The van der Waals surface area contributed by atoms with Gasteiger partial charge in [0.1, 0.15) is 11.6 Å². The van der Waals surface area contributed by atoms with Crippen LogP contribution in [0.2, 0.25) is 5.02 Å². The molecule has 0 spiro atoms. The van der Waals surface area contributed by atoms with E-state index in [1.54, 1.807) is 12.1 Å². The summed E-state index contributed by atoms with van der Waals surface area (Å²) in [5.41, 5.74) is 8.98. The number of hydrogen-bond donors (Lipinski definition) is 1. The van der Waals surface area contributed by atoms with E-state index in [0.29, 0.717) is 30.0 Å². The van der Waals surface area contributed by atoms with Gasteiger partial charge in [0.25, 0.3) is 0 Å². The molecule has 0 saturated heterocycles. The van der Waals surface area contributed by atoms with Gasteiger partial charge in [0.05, 0.1) is 6.61 Å². The van der Waals surface area contributed by atoms with E-state index in [0.717, 1.165) is 23.3 Å². The summed E-state index contributed by atoms with van der Waals surface area (Å²) in [6.45, 7) is 0.686. The van der Waals surface area contributed by atoms with Crippen LogP contribution in [0.3, 0.4) is 0 Å². The quantitative estimate of drug-likeness (QED) is 0.938. The Bertz CT molecular complexity index is 659. The van der Waals surface area contributed by atoms with Gasteiger partial charge in [0, 0.05) is 17.5 Å². The molecule has 2 N–H and O–H groups in total. The first-order chi connectivity index (χ1) is 10.1. The highest BCUT2D eigenvalue weighted by molar-refractivity contribution is 6.30. The zero-order valence-corrected chi connectivity index (χ0v) is 12.4. The molecule has 0 aliphatic carbocycles. The second-order valence-electron chi connectivity index (χ2n) is 5.41. The second kappa shape index (κ2) is 6.04. The Morgan fingerprint density at radius 1 is 1.19 bits per heavy atom. The zero-order valence-electron chi connectivity index (χ0n) is 11.6. The predicted octanol–water partition coefficient (Wildman–Crippen LogP) is 3.53. The number of fused-ring (bicyclic) bond motifs is 1. The van der Waals surface area contributed by atoms with E-state index in [9.17, 15) is 4.39 Å². The van der Waals surface area contributed by atoms with E-state index in [4.69, 9.17) is 22.1 Å². The molecule has 1 atom stereocenters. The maximum Gasteiger partial charge on any atom is 0.126 e. The summed E-state index contributed by atoms with van der Waals surface area (Å²) in [7, 11) is 0. The van der Waals surface area contributed by atoms with Gasteiger partial charge in [-0.3, -0.25) is 0 Å². The van der Waals surface area contributed by atoms with Crippen LogP contribution in [0, 0.1) is 5.82 Å². The molecular formula is C17H17ClFNO. The zero-order chi connectivity index (χ0) is 14.8. The van der Waals surface area contributed by atoms with Crippen molar-refractivity contribution >= 4 is 11.6 Å². The van der Waals surface area contributed by atoms with E-state index >= 15 is 0 Å². The predicted molar refractivity (Wildman–Crippen MR) is 82.4 cm³/mol. The van der Waals surface area contributed by atoms with Crippen molar-refractivity contribution in [1.29, 1.82) is 0 Å². The number of nitrogens with two attached hydrogens (primary N) is 1. The van der Waals surface area contributed by atoms with Gasteiger partial charge in [0.15, 0.2) is 0 Å². The van der Waals surface area contributed by atoms with Crippen LogP contribution < -0.4 is 10.5 Å². The summed E-state index contributed by atoms with van der Waals surface area (Å²) in [4.78, 5) is 0. The fraction of sp³-hybridized carbons (Fsp3) is 0.294. The van der Waals surface area contributed by atoms with Crippen LogP contribution in [0.1, 0.15) is 16.7 Å². The minimum atomic E-state index is -0.208. The van der Waals surface area contributed by atoms with Crippen molar-refractivity contribution < 1.29 is 9.13 Å². The van der Waals surface area contributed by atoms with Crippen LogP contribution in [0.25, 0.3) is 0 Å². The summed E-state index contributed by atoms with van der Waals surface area (Å²) in [5.74, 6) is 0.698. The number of hydrogen-bond acceptors (Lipinski definition) is 2. The molecule has 2 aromatic rings. The van der Waals surface area contributed by atoms with Gasteiger partial charge in [-0.05, 0) is 47.7 Å². The maximum absolute atomic E-state index is 13.7. The fourth-order valence-corrected chi connectivity index (χ4v) is 3.06. The molecule has 1 heterocycles. The number of ether oxygens (including phenoxy) is 1. The SMILES string of the molecule is NC(Cc1ccccc1F)Cc1cc(Cl)cc2c1OCC2.